The van der Waals surface area contributed by atoms with Crippen LogP contribution in [0.25, 0.3) is 0 Å². The summed E-state index contributed by atoms with van der Waals surface area (Å²) < 4.78 is 4.32. The van der Waals surface area contributed by atoms with E-state index in [4.69, 9.17) is 0 Å². The Morgan fingerprint density at radius 1 is 1.26 bits per heavy atom. The Balaban J connectivity index is 2.12. The van der Waals surface area contributed by atoms with E-state index in [-0.39, 0.29) is 0 Å². The lowest BCUT2D eigenvalue weighted by Crippen LogP contribution is -2.07. The maximum Gasteiger partial charge on any atom is 0.0948 e. The van der Waals surface area contributed by atoms with Gasteiger partial charge in [-0.1, -0.05) is 6.92 Å². The standard InChI is InChI=1S/C14H17Br2N3/c1-3-4-19-9-17-7-11(19)8-18-14-12(15)5-10(2)6-13(14)16/h5-7,9,18H,3-4,8H2,1-2H3. The second kappa shape index (κ2) is 6.57. The van der Waals surface area contributed by atoms with E-state index in [0.29, 0.717) is 0 Å². The highest BCUT2D eigenvalue weighted by Gasteiger charge is 2.07. The molecule has 0 saturated carbocycles. The molecule has 0 spiro atoms. The van der Waals surface area contributed by atoms with Crippen molar-refractivity contribution in [3.05, 3.63) is 44.9 Å². The third-order valence-electron chi connectivity index (χ3n) is 2.90. The van der Waals surface area contributed by atoms with E-state index in [1.807, 2.05) is 12.5 Å². The predicted octanol–water partition coefficient (Wildman–Crippen LogP) is 4.74. The average Bonchev–Trinajstić information content (AvgIpc) is 2.76. The molecule has 0 bridgehead atoms. The molecule has 0 aliphatic heterocycles. The van der Waals surface area contributed by atoms with E-state index in [0.717, 1.165) is 34.1 Å². The monoisotopic (exact) mass is 385 g/mol. The highest BCUT2D eigenvalue weighted by atomic mass is 79.9. The van der Waals surface area contributed by atoms with Crippen molar-refractivity contribution in [1.29, 1.82) is 0 Å². The summed E-state index contributed by atoms with van der Waals surface area (Å²) in [6, 6.07) is 4.22. The lowest BCUT2D eigenvalue weighted by atomic mass is 10.2. The van der Waals surface area contributed by atoms with Gasteiger partial charge < -0.3 is 9.88 Å². The molecular formula is C14H17Br2N3. The van der Waals surface area contributed by atoms with Gasteiger partial charge in [-0.2, -0.15) is 0 Å². The molecule has 1 heterocycles. The second-order valence-electron chi connectivity index (χ2n) is 4.54. The van der Waals surface area contributed by atoms with Gasteiger partial charge in [0, 0.05) is 21.7 Å². The Morgan fingerprint density at radius 2 is 1.95 bits per heavy atom. The summed E-state index contributed by atoms with van der Waals surface area (Å²) in [4.78, 5) is 4.21. The van der Waals surface area contributed by atoms with Gasteiger partial charge in [0.1, 0.15) is 0 Å². The number of halogens is 2. The van der Waals surface area contributed by atoms with Gasteiger partial charge in [-0.05, 0) is 62.9 Å². The van der Waals surface area contributed by atoms with E-state index in [2.05, 4.69) is 72.7 Å². The van der Waals surface area contributed by atoms with Gasteiger partial charge >= 0.3 is 0 Å². The molecule has 0 aliphatic rings. The van der Waals surface area contributed by atoms with Crippen molar-refractivity contribution in [2.24, 2.45) is 0 Å². The summed E-state index contributed by atoms with van der Waals surface area (Å²) in [5.41, 5.74) is 3.50. The van der Waals surface area contributed by atoms with Crippen LogP contribution in [0, 0.1) is 6.92 Å². The first-order valence-corrected chi connectivity index (χ1v) is 7.89. The minimum absolute atomic E-state index is 0.764. The molecule has 0 fully saturated rings. The van der Waals surface area contributed by atoms with Crippen LogP contribution in [0.2, 0.25) is 0 Å². The van der Waals surface area contributed by atoms with Crippen molar-refractivity contribution in [3.8, 4) is 0 Å². The van der Waals surface area contributed by atoms with Gasteiger partial charge in [-0.25, -0.2) is 4.98 Å². The van der Waals surface area contributed by atoms with Crippen molar-refractivity contribution in [3.63, 3.8) is 0 Å². The molecule has 0 radical (unpaired) electrons. The molecule has 1 aromatic carbocycles. The number of nitrogens with one attached hydrogen (secondary N) is 1. The number of aryl methyl sites for hydroxylation is 2. The Hall–Kier alpha value is -0.810. The molecule has 19 heavy (non-hydrogen) atoms. The van der Waals surface area contributed by atoms with Crippen LogP contribution in [0.3, 0.4) is 0 Å². The zero-order valence-corrected chi connectivity index (χ0v) is 14.3. The number of aromatic nitrogens is 2. The first-order valence-electron chi connectivity index (χ1n) is 6.30. The molecule has 0 unspecified atom stereocenters. The van der Waals surface area contributed by atoms with Crippen LogP contribution >= 0.6 is 31.9 Å². The Morgan fingerprint density at radius 3 is 2.58 bits per heavy atom. The number of benzene rings is 1. The summed E-state index contributed by atoms with van der Waals surface area (Å²) in [5, 5.41) is 3.46. The van der Waals surface area contributed by atoms with E-state index >= 15 is 0 Å². The quantitative estimate of drug-likeness (QED) is 0.804. The van der Waals surface area contributed by atoms with Gasteiger partial charge in [0.25, 0.3) is 0 Å². The molecule has 1 aromatic heterocycles. The molecule has 0 aliphatic carbocycles. The number of hydrogen-bond acceptors (Lipinski definition) is 2. The van der Waals surface area contributed by atoms with Gasteiger partial charge in [-0.3, -0.25) is 0 Å². The summed E-state index contributed by atoms with van der Waals surface area (Å²) in [6.45, 7) is 6.02. The van der Waals surface area contributed by atoms with Crippen molar-refractivity contribution in [2.45, 2.75) is 33.4 Å². The molecule has 2 aromatic rings. The van der Waals surface area contributed by atoms with Crippen LogP contribution in [0.5, 0.6) is 0 Å². The molecular weight excluding hydrogens is 370 g/mol. The molecule has 0 saturated heterocycles. The fourth-order valence-electron chi connectivity index (χ4n) is 1.99. The third-order valence-corrected chi connectivity index (χ3v) is 4.15. The highest BCUT2D eigenvalue weighted by Crippen LogP contribution is 2.32. The number of imidazole rings is 1. The minimum Gasteiger partial charge on any atom is -0.378 e. The van der Waals surface area contributed by atoms with Gasteiger partial charge in [0.05, 0.1) is 24.3 Å². The Bertz CT molecular complexity index is 541. The van der Waals surface area contributed by atoms with Crippen molar-refractivity contribution >= 4 is 37.5 Å². The smallest absolute Gasteiger partial charge is 0.0948 e. The largest absolute Gasteiger partial charge is 0.378 e. The minimum atomic E-state index is 0.764. The normalized spacial score (nSPS) is 10.7. The van der Waals surface area contributed by atoms with Crippen LogP contribution in [-0.2, 0) is 13.1 Å². The van der Waals surface area contributed by atoms with Gasteiger partial charge in [0.2, 0.25) is 0 Å². The number of hydrogen-bond donors (Lipinski definition) is 1. The van der Waals surface area contributed by atoms with E-state index < -0.39 is 0 Å². The van der Waals surface area contributed by atoms with E-state index in [9.17, 15) is 0 Å². The molecule has 2 rings (SSSR count). The fraction of sp³-hybridized carbons (Fsp3) is 0.357. The van der Waals surface area contributed by atoms with E-state index in [1.54, 1.807) is 0 Å². The zero-order valence-electron chi connectivity index (χ0n) is 11.1. The summed E-state index contributed by atoms with van der Waals surface area (Å²) in [5.74, 6) is 0. The maximum atomic E-state index is 4.21. The molecule has 5 heteroatoms. The Kier molecular flexibility index (Phi) is 5.05. The van der Waals surface area contributed by atoms with Crippen LogP contribution in [0.1, 0.15) is 24.6 Å². The molecule has 3 nitrogen and oxygen atoms in total. The first kappa shape index (κ1) is 14.6. The summed E-state index contributed by atoms with van der Waals surface area (Å²) >= 11 is 7.19. The topological polar surface area (TPSA) is 29.9 Å². The molecule has 1 N–H and O–H groups in total. The summed E-state index contributed by atoms with van der Waals surface area (Å²) in [7, 11) is 0. The number of nitrogens with zero attached hydrogens (tertiary/aromatic N) is 2. The zero-order chi connectivity index (χ0) is 13.8. The van der Waals surface area contributed by atoms with Gasteiger partial charge in [-0.15, -0.1) is 0 Å². The number of anilines is 1. The SMILES string of the molecule is CCCn1cncc1CNc1c(Br)cc(C)cc1Br. The highest BCUT2D eigenvalue weighted by molar-refractivity contribution is 9.11. The molecule has 102 valence electrons. The number of rotatable bonds is 5. The first-order chi connectivity index (χ1) is 9.11. The third kappa shape index (κ3) is 3.60. The van der Waals surface area contributed by atoms with Crippen LogP contribution < -0.4 is 5.32 Å². The molecule has 0 atom stereocenters. The molecule has 0 amide bonds. The second-order valence-corrected chi connectivity index (χ2v) is 6.24. The lowest BCUT2D eigenvalue weighted by molar-refractivity contribution is 0.651. The van der Waals surface area contributed by atoms with Crippen LogP contribution in [0.4, 0.5) is 5.69 Å². The van der Waals surface area contributed by atoms with Crippen molar-refractivity contribution < 1.29 is 0 Å². The fourth-order valence-corrected chi connectivity index (χ4v) is 3.68. The Labute approximate surface area is 130 Å². The average molecular weight is 387 g/mol. The predicted molar refractivity (Wildman–Crippen MR) is 86.4 cm³/mol. The van der Waals surface area contributed by atoms with Gasteiger partial charge in [0.15, 0.2) is 0 Å². The lowest BCUT2D eigenvalue weighted by Gasteiger charge is -2.13. The van der Waals surface area contributed by atoms with Crippen LogP contribution in [-0.4, -0.2) is 9.55 Å². The van der Waals surface area contributed by atoms with Crippen molar-refractivity contribution in [2.75, 3.05) is 5.32 Å². The van der Waals surface area contributed by atoms with E-state index in [1.165, 1.54) is 11.3 Å². The maximum absolute atomic E-state index is 4.21. The summed E-state index contributed by atoms with van der Waals surface area (Å²) in [6.07, 6.45) is 4.92. The van der Waals surface area contributed by atoms with Crippen molar-refractivity contribution in [1.82, 2.24) is 9.55 Å². The van der Waals surface area contributed by atoms with Crippen LogP contribution in [0.15, 0.2) is 33.6 Å².